The Balaban J connectivity index is 4.59. The zero-order valence-electron chi connectivity index (χ0n) is 5.64. The van der Waals surface area contributed by atoms with E-state index >= 15 is 0 Å². The minimum atomic E-state index is -4.79. The molecule has 0 amide bonds. The topological polar surface area (TPSA) is 87.2 Å². The lowest BCUT2D eigenvalue weighted by Crippen LogP contribution is -2.22. The van der Waals surface area contributed by atoms with E-state index in [-0.39, 0.29) is 6.08 Å². The Kier molecular flexibility index (Phi) is 2.83. The van der Waals surface area contributed by atoms with E-state index in [1.807, 2.05) is 0 Å². The summed E-state index contributed by atoms with van der Waals surface area (Å²) in [5, 5.41) is 14.5. The van der Waals surface area contributed by atoms with Crippen LogP contribution >= 0.6 is 0 Å². The number of halogens is 3. The summed E-state index contributed by atoms with van der Waals surface area (Å²) in [6.45, 7) is 0. The van der Waals surface area contributed by atoms with Crippen molar-refractivity contribution in [1.82, 2.24) is 0 Å². The number of aliphatic carboxylic acids is 1. The number of carboxylic acid groups (broad SMARTS) is 1. The van der Waals surface area contributed by atoms with Crippen LogP contribution in [0.15, 0.2) is 11.8 Å². The molecule has 0 aliphatic heterocycles. The Bertz CT molecular complexity index is 244. The fourth-order valence-electron chi connectivity index (χ4n) is 0.299. The number of allylic oxidation sites excluding steroid dienone is 1. The second kappa shape index (κ2) is 3.24. The molecule has 0 spiro atoms. The van der Waals surface area contributed by atoms with Crippen LogP contribution in [0, 0.1) is 5.41 Å². The minimum absolute atomic E-state index is 0.0440. The van der Waals surface area contributed by atoms with Gasteiger partial charge in [0.2, 0.25) is 0 Å². The molecule has 7 heteroatoms. The van der Waals surface area contributed by atoms with Gasteiger partial charge in [0.25, 0.3) is 0 Å². The normalized spacial score (nSPS) is 12.8. The number of carboxylic acids is 1. The molecule has 0 aromatic carbocycles. The van der Waals surface area contributed by atoms with Crippen molar-refractivity contribution in [2.24, 2.45) is 5.73 Å². The van der Waals surface area contributed by atoms with Gasteiger partial charge >= 0.3 is 12.1 Å². The van der Waals surface area contributed by atoms with Gasteiger partial charge in [0.05, 0.1) is 0 Å². The predicted octanol–water partition coefficient (Wildman–Crippen LogP) is 0.496. The molecule has 12 heavy (non-hydrogen) atoms. The summed E-state index contributed by atoms with van der Waals surface area (Å²) in [6, 6.07) is 0. The van der Waals surface area contributed by atoms with Crippen molar-refractivity contribution in [2.75, 3.05) is 0 Å². The highest BCUT2D eigenvalue weighted by Gasteiger charge is 2.31. The first-order chi connectivity index (χ1) is 5.25. The molecule has 0 heterocycles. The number of nitrogens with one attached hydrogen (secondary N) is 1. The first-order valence-electron chi connectivity index (χ1n) is 2.61. The Morgan fingerprint density at radius 3 is 2.17 bits per heavy atom. The maximum absolute atomic E-state index is 11.6. The summed E-state index contributed by atoms with van der Waals surface area (Å²) in [6.07, 6.45) is -4.75. The maximum atomic E-state index is 11.6. The molecule has 0 saturated heterocycles. The molecule has 0 bridgehead atoms. The van der Waals surface area contributed by atoms with E-state index < -0.39 is 23.6 Å². The Morgan fingerprint density at radius 1 is 1.50 bits per heavy atom. The fourth-order valence-corrected chi connectivity index (χ4v) is 0.299. The van der Waals surface area contributed by atoms with Crippen LogP contribution in [-0.4, -0.2) is 23.0 Å². The Hall–Kier alpha value is -1.53. The summed E-state index contributed by atoms with van der Waals surface area (Å²) < 4.78 is 34.8. The third kappa shape index (κ3) is 3.04. The molecule has 0 saturated carbocycles. The van der Waals surface area contributed by atoms with E-state index in [9.17, 15) is 18.0 Å². The number of hydrogen-bond acceptors (Lipinski definition) is 3. The van der Waals surface area contributed by atoms with Crippen molar-refractivity contribution in [3.63, 3.8) is 0 Å². The van der Waals surface area contributed by atoms with E-state index in [2.05, 4.69) is 5.73 Å². The van der Waals surface area contributed by atoms with Crippen LogP contribution in [0.4, 0.5) is 13.2 Å². The van der Waals surface area contributed by atoms with Crippen molar-refractivity contribution in [3.8, 4) is 0 Å². The fraction of sp³-hybridized carbons (Fsp3) is 0.200. The summed E-state index contributed by atoms with van der Waals surface area (Å²) in [7, 11) is 0. The average Bonchev–Trinajstić information content (AvgIpc) is 1.85. The molecule has 0 unspecified atom stereocenters. The van der Waals surface area contributed by atoms with E-state index in [0.717, 1.165) is 0 Å². The Morgan fingerprint density at radius 2 is 1.92 bits per heavy atom. The van der Waals surface area contributed by atoms with Gasteiger partial charge in [0.1, 0.15) is 11.4 Å². The SMILES string of the molecule is N=C(/C=C(\N)C(F)(F)F)C(=O)O. The van der Waals surface area contributed by atoms with Crippen molar-refractivity contribution < 1.29 is 23.1 Å². The highest BCUT2D eigenvalue weighted by atomic mass is 19.4. The number of alkyl halides is 3. The average molecular weight is 182 g/mol. The van der Waals surface area contributed by atoms with Crippen molar-refractivity contribution >= 4 is 11.7 Å². The van der Waals surface area contributed by atoms with Gasteiger partial charge in [-0.3, -0.25) is 5.41 Å². The molecule has 0 rings (SSSR count). The molecule has 0 atom stereocenters. The number of nitrogens with two attached hydrogens (primary N) is 1. The van der Waals surface area contributed by atoms with Crippen molar-refractivity contribution in [1.29, 1.82) is 5.41 Å². The smallest absolute Gasteiger partial charge is 0.430 e. The third-order valence-corrected chi connectivity index (χ3v) is 0.858. The molecule has 4 N–H and O–H groups in total. The van der Waals surface area contributed by atoms with Gasteiger partial charge in [-0.1, -0.05) is 0 Å². The zero-order chi connectivity index (χ0) is 9.94. The van der Waals surface area contributed by atoms with Crippen LogP contribution in [0.1, 0.15) is 0 Å². The molecule has 0 aromatic heterocycles. The van der Waals surface area contributed by atoms with Crippen LogP contribution in [0.3, 0.4) is 0 Å². The monoisotopic (exact) mass is 182 g/mol. The highest BCUT2D eigenvalue weighted by molar-refractivity contribution is 6.39. The first kappa shape index (κ1) is 10.5. The molecule has 0 aliphatic rings. The molecule has 0 fully saturated rings. The van der Waals surface area contributed by atoms with Crippen LogP contribution < -0.4 is 5.73 Å². The van der Waals surface area contributed by atoms with E-state index in [4.69, 9.17) is 10.5 Å². The molecule has 0 radical (unpaired) electrons. The van der Waals surface area contributed by atoms with Crippen molar-refractivity contribution in [2.45, 2.75) is 6.18 Å². The lowest BCUT2D eigenvalue weighted by Gasteiger charge is -2.04. The quantitative estimate of drug-likeness (QED) is 0.543. The van der Waals surface area contributed by atoms with Crippen LogP contribution in [0.5, 0.6) is 0 Å². The van der Waals surface area contributed by atoms with E-state index in [1.165, 1.54) is 0 Å². The molecular formula is C5H5F3N2O2. The summed E-state index contributed by atoms with van der Waals surface area (Å²) >= 11 is 0. The van der Waals surface area contributed by atoms with Gasteiger partial charge in [0, 0.05) is 0 Å². The third-order valence-electron chi connectivity index (χ3n) is 0.858. The summed E-state index contributed by atoms with van der Waals surface area (Å²) in [5.41, 5.74) is 1.62. The number of carbonyl (C=O) groups is 1. The van der Waals surface area contributed by atoms with Gasteiger partial charge in [-0.2, -0.15) is 13.2 Å². The van der Waals surface area contributed by atoms with Gasteiger partial charge in [-0.15, -0.1) is 0 Å². The second-order valence-electron chi connectivity index (χ2n) is 1.82. The molecular weight excluding hydrogens is 177 g/mol. The summed E-state index contributed by atoms with van der Waals surface area (Å²) in [4.78, 5) is 9.87. The predicted molar refractivity (Wildman–Crippen MR) is 33.7 cm³/mol. The molecule has 4 nitrogen and oxygen atoms in total. The Labute approximate surface area is 65.0 Å². The number of rotatable bonds is 2. The lowest BCUT2D eigenvalue weighted by molar-refractivity contribution is -0.129. The van der Waals surface area contributed by atoms with Crippen LogP contribution in [-0.2, 0) is 4.79 Å². The number of hydrogen-bond donors (Lipinski definition) is 3. The van der Waals surface area contributed by atoms with Crippen molar-refractivity contribution in [3.05, 3.63) is 11.8 Å². The van der Waals surface area contributed by atoms with Gasteiger partial charge in [-0.05, 0) is 6.08 Å². The van der Waals surface area contributed by atoms with Crippen LogP contribution in [0.25, 0.3) is 0 Å². The lowest BCUT2D eigenvalue weighted by atomic mass is 10.3. The van der Waals surface area contributed by atoms with E-state index in [1.54, 1.807) is 0 Å². The standard InChI is InChI=1S/C5H5F3N2O2/c6-5(7,8)3(10)1-2(9)4(11)12/h1,9H,10H2,(H,11,12)/b3-1-,9-2?. The maximum Gasteiger partial charge on any atom is 0.430 e. The molecule has 68 valence electrons. The zero-order valence-corrected chi connectivity index (χ0v) is 5.64. The largest absolute Gasteiger partial charge is 0.477 e. The molecule has 0 aromatic rings. The van der Waals surface area contributed by atoms with Crippen LogP contribution in [0.2, 0.25) is 0 Å². The van der Waals surface area contributed by atoms with Gasteiger partial charge in [-0.25, -0.2) is 4.79 Å². The molecule has 0 aliphatic carbocycles. The minimum Gasteiger partial charge on any atom is -0.477 e. The highest BCUT2D eigenvalue weighted by Crippen LogP contribution is 2.20. The van der Waals surface area contributed by atoms with E-state index in [0.29, 0.717) is 0 Å². The van der Waals surface area contributed by atoms with Gasteiger partial charge < -0.3 is 10.8 Å². The second-order valence-corrected chi connectivity index (χ2v) is 1.82. The van der Waals surface area contributed by atoms with Gasteiger partial charge in [0.15, 0.2) is 0 Å². The first-order valence-corrected chi connectivity index (χ1v) is 2.61. The summed E-state index contributed by atoms with van der Waals surface area (Å²) in [5.74, 6) is -1.76.